The SMILES string of the molecule is CC(C)(C)[C@@H](NC(=O)c1cc2ccccc2s1)C(=O)O. The molecule has 1 atom stereocenters. The van der Waals surface area contributed by atoms with Gasteiger partial charge in [0.15, 0.2) is 0 Å². The lowest BCUT2D eigenvalue weighted by atomic mass is 9.87. The lowest BCUT2D eigenvalue weighted by Gasteiger charge is -2.27. The molecule has 20 heavy (non-hydrogen) atoms. The Morgan fingerprint density at radius 2 is 1.90 bits per heavy atom. The van der Waals surface area contributed by atoms with Crippen LogP contribution < -0.4 is 5.32 Å². The van der Waals surface area contributed by atoms with Gasteiger partial charge < -0.3 is 10.4 Å². The molecule has 2 rings (SSSR count). The molecule has 0 saturated heterocycles. The molecule has 0 radical (unpaired) electrons. The summed E-state index contributed by atoms with van der Waals surface area (Å²) in [6.07, 6.45) is 0. The first-order valence-corrected chi connectivity index (χ1v) is 7.13. The molecule has 106 valence electrons. The fourth-order valence-corrected chi connectivity index (χ4v) is 2.91. The number of hydrogen-bond acceptors (Lipinski definition) is 3. The summed E-state index contributed by atoms with van der Waals surface area (Å²) < 4.78 is 1.01. The zero-order chi connectivity index (χ0) is 14.9. The zero-order valence-corrected chi connectivity index (χ0v) is 12.5. The van der Waals surface area contributed by atoms with Gasteiger partial charge in [0.05, 0.1) is 4.88 Å². The van der Waals surface area contributed by atoms with Crippen molar-refractivity contribution in [1.82, 2.24) is 5.32 Å². The van der Waals surface area contributed by atoms with Gasteiger partial charge in [-0.3, -0.25) is 4.79 Å². The Morgan fingerprint density at radius 3 is 2.45 bits per heavy atom. The maximum atomic E-state index is 12.2. The molecule has 1 heterocycles. The first-order valence-electron chi connectivity index (χ1n) is 6.31. The van der Waals surface area contributed by atoms with Crippen LogP contribution in [0.15, 0.2) is 30.3 Å². The van der Waals surface area contributed by atoms with Crippen molar-refractivity contribution in [3.8, 4) is 0 Å². The molecule has 0 aliphatic rings. The normalized spacial score (nSPS) is 13.2. The van der Waals surface area contributed by atoms with Crippen molar-refractivity contribution in [2.45, 2.75) is 26.8 Å². The second-order valence-electron chi connectivity index (χ2n) is 5.76. The molecular weight excluding hydrogens is 274 g/mol. The topological polar surface area (TPSA) is 66.4 Å². The number of nitrogens with one attached hydrogen (secondary N) is 1. The van der Waals surface area contributed by atoms with Crippen LogP contribution in [-0.2, 0) is 4.79 Å². The highest BCUT2D eigenvalue weighted by Crippen LogP contribution is 2.26. The Balaban J connectivity index is 2.24. The van der Waals surface area contributed by atoms with E-state index in [0.29, 0.717) is 4.88 Å². The smallest absolute Gasteiger partial charge is 0.326 e. The fourth-order valence-electron chi connectivity index (χ4n) is 1.94. The Labute approximate surface area is 121 Å². The minimum absolute atomic E-state index is 0.339. The number of carbonyl (C=O) groups is 2. The van der Waals surface area contributed by atoms with Gasteiger partial charge in [0.2, 0.25) is 0 Å². The zero-order valence-electron chi connectivity index (χ0n) is 11.6. The number of fused-ring (bicyclic) bond motifs is 1. The Hall–Kier alpha value is -1.88. The van der Waals surface area contributed by atoms with Gasteiger partial charge in [-0.2, -0.15) is 0 Å². The van der Waals surface area contributed by atoms with E-state index in [0.717, 1.165) is 10.1 Å². The monoisotopic (exact) mass is 291 g/mol. The van der Waals surface area contributed by atoms with Crippen molar-refractivity contribution >= 4 is 33.3 Å². The molecule has 0 saturated carbocycles. The Morgan fingerprint density at radius 1 is 1.25 bits per heavy atom. The molecule has 1 aromatic heterocycles. The standard InChI is InChI=1S/C15H17NO3S/c1-15(2,3)12(14(18)19)16-13(17)11-8-9-6-4-5-7-10(9)20-11/h4-8,12H,1-3H3,(H,16,17)(H,18,19)/t12-/m0/s1. The molecule has 0 aliphatic carbocycles. The second kappa shape index (κ2) is 5.25. The lowest BCUT2D eigenvalue weighted by molar-refractivity contribution is -0.142. The minimum atomic E-state index is -1.02. The molecule has 0 bridgehead atoms. The molecule has 0 fully saturated rings. The van der Waals surface area contributed by atoms with E-state index in [2.05, 4.69) is 5.32 Å². The van der Waals surface area contributed by atoms with Crippen molar-refractivity contribution in [2.24, 2.45) is 5.41 Å². The van der Waals surface area contributed by atoms with Crippen molar-refractivity contribution in [3.63, 3.8) is 0 Å². The summed E-state index contributed by atoms with van der Waals surface area (Å²) in [6.45, 7) is 5.37. The Bertz CT molecular complexity index is 621. The highest BCUT2D eigenvalue weighted by atomic mass is 32.1. The predicted molar refractivity (Wildman–Crippen MR) is 80.2 cm³/mol. The number of amides is 1. The van der Waals surface area contributed by atoms with Gasteiger partial charge in [-0.25, -0.2) is 4.79 Å². The molecule has 5 heteroatoms. The van der Waals surface area contributed by atoms with E-state index in [1.807, 2.05) is 24.3 Å². The van der Waals surface area contributed by atoms with Crippen molar-refractivity contribution in [1.29, 1.82) is 0 Å². The van der Waals surface area contributed by atoms with E-state index >= 15 is 0 Å². The van der Waals surface area contributed by atoms with Gasteiger partial charge in [-0.15, -0.1) is 11.3 Å². The average molecular weight is 291 g/mol. The van der Waals surface area contributed by atoms with Gasteiger partial charge >= 0.3 is 5.97 Å². The third kappa shape index (κ3) is 2.99. The van der Waals surface area contributed by atoms with E-state index in [1.165, 1.54) is 11.3 Å². The molecule has 2 N–H and O–H groups in total. The molecule has 1 aromatic carbocycles. The number of benzene rings is 1. The summed E-state index contributed by atoms with van der Waals surface area (Å²) in [5.74, 6) is -1.36. The molecule has 4 nitrogen and oxygen atoms in total. The summed E-state index contributed by atoms with van der Waals surface area (Å²) in [7, 11) is 0. The van der Waals surface area contributed by atoms with Crippen molar-refractivity contribution in [3.05, 3.63) is 35.2 Å². The third-order valence-electron chi connectivity index (χ3n) is 3.04. The van der Waals surface area contributed by atoms with E-state index in [1.54, 1.807) is 26.8 Å². The van der Waals surface area contributed by atoms with Crippen LogP contribution in [0, 0.1) is 5.41 Å². The highest BCUT2D eigenvalue weighted by molar-refractivity contribution is 7.20. The summed E-state index contributed by atoms with van der Waals surface area (Å²) in [6, 6.07) is 8.56. The Kier molecular flexibility index (Phi) is 3.81. The summed E-state index contributed by atoms with van der Waals surface area (Å²) in [5, 5.41) is 12.8. The molecule has 2 aromatic rings. The number of aliphatic carboxylic acids is 1. The summed E-state index contributed by atoms with van der Waals surface area (Å²) >= 11 is 1.36. The molecule has 0 unspecified atom stereocenters. The maximum absolute atomic E-state index is 12.2. The molecule has 0 spiro atoms. The highest BCUT2D eigenvalue weighted by Gasteiger charge is 2.33. The van der Waals surface area contributed by atoms with Gasteiger partial charge in [0, 0.05) is 4.70 Å². The van der Waals surface area contributed by atoms with Crippen LogP contribution >= 0.6 is 11.3 Å². The van der Waals surface area contributed by atoms with Crippen molar-refractivity contribution < 1.29 is 14.7 Å². The maximum Gasteiger partial charge on any atom is 0.326 e. The average Bonchev–Trinajstić information content (AvgIpc) is 2.77. The number of carboxylic acid groups (broad SMARTS) is 1. The van der Waals surface area contributed by atoms with Gasteiger partial charge in [0.1, 0.15) is 6.04 Å². The first-order chi connectivity index (χ1) is 9.29. The van der Waals surface area contributed by atoms with Crippen molar-refractivity contribution in [2.75, 3.05) is 0 Å². The summed E-state index contributed by atoms with van der Waals surface area (Å²) in [4.78, 5) is 24.0. The van der Waals surface area contributed by atoms with E-state index in [9.17, 15) is 14.7 Å². The van der Waals surface area contributed by atoms with Crippen LogP contribution in [0.1, 0.15) is 30.4 Å². The first kappa shape index (κ1) is 14.5. The van der Waals surface area contributed by atoms with E-state index < -0.39 is 17.4 Å². The fraction of sp³-hybridized carbons (Fsp3) is 0.333. The number of carbonyl (C=O) groups excluding carboxylic acids is 1. The van der Waals surface area contributed by atoms with Gasteiger partial charge in [0.25, 0.3) is 5.91 Å². The predicted octanol–water partition coefficient (Wildman–Crippen LogP) is 3.13. The van der Waals surface area contributed by atoms with Gasteiger partial charge in [-0.1, -0.05) is 39.0 Å². The molecule has 1 amide bonds. The number of carboxylic acids is 1. The number of hydrogen-bond donors (Lipinski definition) is 2. The summed E-state index contributed by atoms with van der Waals surface area (Å²) in [5.41, 5.74) is -0.543. The van der Waals surface area contributed by atoms with Crippen LogP contribution in [0.2, 0.25) is 0 Å². The van der Waals surface area contributed by atoms with Crippen LogP contribution in [0.3, 0.4) is 0 Å². The van der Waals surface area contributed by atoms with Crippen LogP contribution in [0.25, 0.3) is 10.1 Å². The quantitative estimate of drug-likeness (QED) is 0.913. The van der Waals surface area contributed by atoms with E-state index in [4.69, 9.17) is 0 Å². The minimum Gasteiger partial charge on any atom is -0.480 e. The van der Waals surface area contributed by atoms with Crippen LogP contribution in [0.4, 0.5) is 0 Å². The number of thiophene rings is 1. The van der Waals surface area contributed by atoms with Gasteiger partial charge in [-0.05, 0) is 22.9 Å². The van der Waals surface area contributed by atoms with E-state index in [-0.39, 0.29) is 5.91 Å². The third-order valence-corrected chi connectivity index (χ3v) is 4.15. The number of rotatable bonds is 3. The van der Waals surface area contributed by atoms with Crippen LogP contribution in [0.5, 0.6) is 0 Å². The van der Waals surface area contributed by atoms with Crippen LogP contribution in [-0.4, -0.2) is 23.0 Å². The molecule has 0 aliphatic heterocycles. The largest absolute Gasteiger partial charge is 0.480 e. The second-order valence-corrected chi connectivity index (χ2v) is 6.84. The lowest BCUT2D eigenvalue weighted by Crippen LogP contribution is -2.48. The molecular formula is C15H17NO3S.